The van der Waals surface area contributed by atoms with Crippen molar-refractivity contribution in [3.63, 3.8) is 0 Å². The maximum Gasteiger partial charge on any atom is 0.308 e. The quantitative estimate of drug-likeness (QED) is 0.792. The van der Waals surface area contributed by atoms with E-state index in [2.05, 4.69) is 21.7 Å². The van der Waals surface area contributed by atoms with Crippen molar-refractivity contribution < 1.29 is 14.3 Å². The highest BCUT2D eigenvalue weighted by atomic mass is 32.1. The fraction of sp³-hybridized carbons (Fsp3) is 0.647. The van der Waals surface area contributed by atoms with Crippen LogP contribution >= 0.6 is 11.3 Å². The lowest BCUT2D eigenvalue weighted by atomic mass is 9.97. The largest absolute Gasteiger partial charge is 0.469 e. The molecule has 3 heterocycles. The molecule has 0 unspecified atom stereocenters. The molecule has 0 aliphatic carbocycles. The van der Waals surface area contributed by atoms with E-state index in [-0.39, 0.29) is 17.8 Å². The van der Waals surface area contributed by atoms with Gasteiger partial charge in [0.2, 0.25) is 5.91 Å². The summed E-state index contributed by atoms with van der Waals surface area (Å²) in [6, 6.07) is 2.55. The van der Waals surface area contributed by atoms with Crippen LogP contribution in [-0.2, 0) is 14.3 Å². The number of piperidine rings is 1. The Bertz CT molecular complexity index is 538. The van der Waals surface area contributed by atoms with Crippen molar-refractivity contribution in [3.05, 3.63) is 22.4 Å². The predicted octanol–water partition coefficient (Wildman–Crippen LogP) is 2.30. The molecule has 0 saturated carbocycles. The van der Waals surface area contributed by atoms with E-state index >= 15 is 0 Å². The van der Waals surface area contributed by atoms with Gasteiger partial charge >= 0.3 is 5.97 Å². The molecule has 0 bridgehead atoms. The Labute approximate surface area is 141 Å². The van der Waals surface area contributed by atoms with E-state index in [1.165, 1.54) is 12.7 Å². The first-order chi connectivity index (χ1) is 11.2. The lowest BCUT2D eigenvalue weighted by molar-refractivity contribution is -0.149. The van der Waals surface area contributed by atoms with Gasteiger partial charge in [-0.3, -0.25) is 14.5 Å². The molecule has 1 aromatic rings. The van der Waals surface area contributed by atoms with E-state index in [1.54, 1.807) is 11.3 Å². The molecule has 0 aromatic carbocycles. The highest BCUT2D eigenvalue weighted by Gasteiger charge is 2.32. The lowest BCUT2D eigenvalue weighted by Crippen LogP contribution is -2.45. The van der Waals surface area contributed by atoms with Crippen LogP contribution in [0.5, 0.6) is 0 Å². The van der Waals surface area contributed by atoms with Gasteiger partial charge < -0.3 is 9.64 Å². The Hall–Kier alpha value is -1.40. The van der Waals surface area contributed by atoms with Gasteiger partial charge in [0.1, 0.15) is 0 Å². The third-order valence-electron chi connectivity index (χ3n) is 5.01. The zero-order valence-electron chi connectivity index (χ0n) is 13.6. The number of ether oxygens (including phenoxy) is 1. The lowest BCUT2D eigenvalue weighted by Gasteiger charge is -2.33. The van der Waals surface area contributed by atoms with Crippen LogP contribution in [0.25, 0.3) is 0 Å². The standard InChI is InChI=1S/C17H24N2O3S/c1-22-17(21)13-4-8-18(9-5-13)16(20)11-19-7-2-3-15(19)14-6-10-23-12-14/h6,10,12-13,15H,2-5,7-9,11H2,1H3/t15-/m1/s1. The summed E-state index contributed by atoms with van der Waals surface area (Å²) in [4.78, 5) is 28.4. The molecule has 2 aliphatic heterocycles. The molecule has 6 heteroatoms. The minimum atomic E-state index is -0.144. The van der Waals surface area contributed by atoms with E-state index in [1.807, 2.05) is 4.90 Å². The second kappa shape index (κ2) is 7.45. The third kappa shape index (κ3) is 3.75. The van der Waals surface area contributed by atoms with Crippen molar-refractivity contribution in [3.8, 4) is 0 Å². The minimum absolute atomic E-state index is 0.0469. The molecule has 0 radical (unpaired) electrons. The topological polar surface area (TPSA) is 49.9 Å². The molecular formula is C17H24N2O3S. The number of likely N-dealkylation sites (tertiary alicyclic amines) is 2. The molecule has 23 heavy (non-hydrogen) atoms. The van der Waals surface area contributed by atoms with Crippen LogP contribution in [0.3, 0.4) is 0 Å². The maximum atomic E-state index is 12.6. The summed E-state index contributed by atoms with van der Waals surface area (Å²) in [5, 5.41) is 4.29. The number of methoxy groups -OCH3 is 1. The summed E-state index contributed by atoms with van der Waals surface area (Å²) >= 11 is 1.71. The Balaban J connectivity index is 1.52. The SMILES string of the molecule is COC(=O)C1CCN(C(=O)CN2CCC[C@@H]2c2ccsc2)CC1. The van der Waals surface area contributed by atoms with Crippen LogP contribution < -0.4 is 0 Å². The average molecular weight is 336 g/mol. The smallest absolute Gasteiger partial charge is 0.308 e. The number of rotatable bonds is 4. The molecule has 126 valence electrons. The van der Waals surface area contributed by atoms with E-state index in [0.29, 0.717) is 38.5 Å². The number of amides is 1. The second-order valence-electron chi connectivity index (χ2n) is 6.36. The van der Waals surface area contributed by atoms with Gasteiger partial charge in [-0.15, -0.1) is 0 Å². The van der Waals surface area contributed by atoms with Gasteiger partial charge in [0, 0.05) is 19.1 Å². The van der Waals surface area contributed by atoms with Gasteiger partial charge in [-0.05, 0) is 54.6 Å². The van der Waals surface area contributed by atoms with Gasteiger partial charge in [0.25, 0.3) is 0 Å². The minimum Gasteiger partial charge on any atom is -0.469 e. The van der Waals surface area contributed by atoms with E-state index in [4.69, 9.17) is 4.74 Å². The van der Waals surface area contributed by atoms with Crippen molar-refractivity contribution in [2.75, 3.05) is 33.3 Å². The fourth-order valence-electron chi connectivity index (χ4n) is 3.66. The number of hydrogen-bond acceptors (Lipinski definition) is 5. The van der Waals surface area contributed by atoms with Gasteiger partial charge in [-0.2, -0.15) is 11.3 Å². The number of thiophene rings is 1. The maximum absolute atomic E-state index is 12.6. The molecule has 2 saturated heterocycles. The summed E-state index contributed by atoms with van der Waals surface area (Å²) < 4.78 is 4.80. The summed E-state index contributed by atoms with van der Waals surface area (Å²) in [7, 11) is 1.43. The molecule has 5 nitrogen and oxygen atoms in total. The molecule has 1 amide bonds. The number of carbonyl (C=O) groups excluding carboxylic acids is 2. The first kappa shape index (κ1) is 16.5. The normalized spacial score (nSPS) is 23.2. The van der Waals surface area contributed by atoms with Gasteiger partial charge in [0.05, 0.1) is 19.6 Å². The van der Waals surface area contributed by atoms with Crippen molar-refractivity contribution in [1.29, 1.82) is 0 Å². The van der Waals surface area contributed by atoms with Crippen molar-refractivity contribution >= 4 is 23.2 Å². The number of nitrogens with zero attached hydrogens (tertiary/aromatic N) is 2. The van der Waals surface area contributed by atoms with Crippen LogP contribution in [0.4, 0.5) is 0 Å². The molecule has 2 fully saturated rings. The van der Waals surface area contributed by atoms with E-state index in [9.17, 15) is 9.59 Å². The van der Waals surface area contributed by atoms with Crippen LogP contribution in [0.1, 0.15) is 37.3 Å². The molecule has 3 rings (SSSR count). The van der Waals surface area contributed by atoms with Crippen LogP contribution in [0.15, 0.2) is 16.8 Å². The summed E-state index contributed by atoms with van der Waals surface area (Å²) in [6.07, 6.45) is 3.71. The van der Waals surface area contributed by atoms with Crippen molar-refractivity contribution in [2.24, 2.45) is 5.92 Å². The molecule has 0 spiro atoms. The second-order valence-corrected chi connectivity index (χ2v) is 7.14. The highest BCUT2D eigenvalue weighted by Crippen LogP contribution is 2.33. The van der Waals surface area contributed by atoms with Gasteiger partial charge in [-0.25, -0.2) is 0 Å². The van der Waals surface area contributed by atoms with Crippen LogP contribution in [0, 0.1) is 5.92 Å². The van der Waals surface area contributed by atoms with E-state index in [0.717, 1.165) is 19.4 Å². The zero-order chi connectivity index (χ0) is 16.2. The average Bonchev–Trinajstić information content (AvgIpc) is 3.25. The highest BCUT2D eigenvalue weighted by molar-refractivity contribution is 7.07. The molecule has 1 atom stereocenters. The summed E-state index contributed by atoms with van der Waals surface area (Å²) in [5.74, 6) is -0.000925. The number of carbonyl (C=O) groups is 2. The molecule has 1 aromatic heterocycles. The predicted molar refractivity (Wildman–Crippen MR) is 89.2 cm³/mol. The molecule has 0 N–H and O–H groups in total. The summed E-state index contributed by atoms with van der Waals surface area (Å²) in [5.41, 5.74) is 1.34. The van der Waals surface area contributed by atoms with E-state index < -0.39 is 0 Å². The molecule has 2 aliphatic rings. The fourth-order valence-corrected chi connectivity index (χ4v) is 4.37. The monoisotopic (exact) mass is 336 g/mol. The van der Waals surface area contributed by atoms with Crippen molar-refractivity contribution in [1.82, 2.24) is 9.80 Å². The van der Waals surface area contributed by atoms with Crippen molar-refractivity contribution in [2.45, 2.75) is 31.7 Å². The number of hydrogen-bond donors (Lipinski definition) is 0. The summed E-state index contributed by atoms with van der Waals surface area (Å²) in [6.45, 7) is 2.80. The zero-order valence-corrected chi connectivity index (χ0v) is 14.4. The Morgan fingerprint density at radius 2 is 2.04 bits per heavy atom. The molecular weight excluding hydrogens is 312 g/mol. The third-order valence-corrected chi connectivity index (χ3v) is 5.71. The van der Waals surface area contributed by atoms with Crippen LogP contribution in [-0.4, -0.2) is 55.0 Å². The van der Waals surface area contributed by atoms with Gasteiger partial charge in [-0.1, -0.05) is 0 Å². The number of esters is 1. The van der Waals surface area contributed by atoms with Gasteiger partial charge in [0.15, 0.2) is 0 Å². The first-order valence-corrected chi connectivity index (χ1v) is 9.25. The Morgan fingerprint density at radius 3 is 2.70 bits per heavy atom. The Morgan fingerprint density at radius 1 is 1.26 bits per heavy atom. The van der Waals surface area contributed by atoms with Crippen LogP contribution in [0.2, 0.25) is 0 Å². The Kier molecular flexibility index (Phi) is 5.33. The first-order valence-electron chi connectivity index (χ1n) is 8.31.